The Bertz CT molecular complexity index is 331. The number of carbonyl (C=O) groups is 2. The lowest BCUT2D eigenvalue weighted by Gasteiger charge is -2.57. The Hall–Kier alpha value is -0.900. The first-order valence-corrected chi connectivity index (χ1v) is 7.04. The molecule has 0 saturated heterocycles. The molecule has 18 heavy (non-hydrogen) atoms. The fourth-order valence-electron chi connectivity index (χ4n) is 4.97. The Morgan fingerprint density at radius 1 is 1.22 bits per heavy atom. The Labute approximate surface area is 107 Å². The maximum absolute atomic E-state index is 11.2. The van der Waals surface area contributed by atoms with Crippen LogP contribution in [0.15, 0.2) is 0 Å². The Morgan fingerprint density at radius 2 is 1.72 bits per heavy atom. The van der Waals surface area contributed by atoms with Crippen LogP contribution in [0.5, 0.6) is 0 Å². The zero-order chi connectivity index (χ0) is 12.8. The molecule has 4 heteroatoms. The molecule has 0 aromatic carbocycles. The zero-order valence-electron chi connectivity index (χ0n) is 10.6. The first kappa shape index (κ1) is 12.2. The van der Waals surface area contributed by atoms with E-state index in [1.165, 1.54) is 19.3 Å². The van der Waals surface area contributed by atoms with Crippen LogP contribution < -0.4 is 5.32 Å². The molecule has 2 N–H and O–H groups in total. The van der Waals surface area contributed by atoms with E-state index in [4.69, 9.17) is 0 Å². The van der Waals surface area contributed by atoms with Gasteiger partial charge in [0.2, 0.25) is 0 Å². The molecule has 100 valence electrons. The molecule has 0 aromatic heterocycles. The van der Waals surface area contributed by atoms with Crippen LogP contribution in [0.1, 0.15) is 44.9 Å². The highest BCUT2D eigenvalue weighted by Gasteiger charge is 2.51. The van der Waals surface area contributed by atoms with Crippen molar-refractivity contribution in [2.45, 2.75) is 56.5 Å². The third kappa shape index (κ3) is 2.07. The van der Waals surface area contributed by atoms with E-state index in [2.05, 4.69) is 5.32 Å². The lowest BCUT2D eigenvalue weighted by molar-refractivity contribution is -0.142. The number of carboxylic acids is 1. The van der Waals surface area contributed by atoms with Gasteiger partial charge in [-0.05, 0) is 56.3 Å². The summed E-state index contributed by atoms with van der Waals surface area (Å²) in [6, 6.07) is -0.696. The Morgan fingerprint density at radius 3 is 2.11 bits per heavy atom. The van der Waals surface area contributed by atoms with Crippen molar-refractivity contribution in [1.82, 2.24) is 5.32 Å². The van der Waals surface area contributed by atoms with Gasteiger partial charge in [0, 0.05) is 12.0 Å². The number of rotatable bonds is 5. The van der Waals surface area contributed by atoms with Gasteiger partial charge < -0.3 is 9.90 Å². The first-order valence-electron chi connectivity index (χ1n) is 7.04. The molecule has 1 unspecified atom stereocenters. The second-order valence-corrected chi connectivity index (χ2v) is 6.64. The molecule has 4 aliphatic rings. The van der Waals surface area contributed by atoms with Gasteiger partial charge >= 0.3 is 5.97 Å². The lowest BCUT2D eigenvalue weighted by atomic mass is 9.53. The minimum Gasteiger partial charge on any atom is -0.480 e. The molecule has 4 saturated carbocycles. The van der Waals surface area contributed by atoms with Crippen molar-refractivity contribution in [3.63, 3.8) is 0 Å². The van der Waals surface area contributed by atoms with Gasteiger partial charge in [0.1, 0.15) is 12.3 Å². The number of carboxylic acid groups (broad SMARTS) is 1. The highest BCUT2D eigenvalue weighted by Crippen LogP contribution is 2.55. The molecule has 0 amide bonds. The van der Waals surface area contributed by atoms with Crippen molar-refractivity contribution in [3.05, 3.63) is 0 Å². The number of aldehydes is 1. The van der Waals surface area contributed by atoms with Crippen LogP contribution >= 0.6 is 0 Å². The smallest absolute Gasteiger partial charge is 0.321 e. The summed E-state index contributed by atoms with van der Waals surface area (Å²) in [5.41, 5.74) is 0.0147. The highest BCUT2D eigenvalue weighted by atomic mass is 16.4. The van der Waals surface area contributed by atoms with Crippen molar-refractivity contribution >= 4 is 12.3 Å². The van der Waals surface area contributed by atoms with E-state index >= 15 is 0 Å². The molecule has 4 nitrogen and oxygen atoms in total. The topological polar surface area (TPSA) is 66.4 Å². The summed E-state index contributed by atoms with van der Waals surface area (Å²) in [5, 5.41) is 12.5. The first-order chi connectivity index (χ1) is 8.60. The van der Waals surface area contributed by atoms with Gasteiger partial charge in [-0.25, -0.2) is 0 Å². The molecule has 4 bridgehead atoms. The highest BCUT2D eigenvalue weighted by molar-refractivity contribution is 5.77. The summed E-state index contributed by atoms with van der Waals surface area (Å²) in [6.07, 6.45) is 8.15. The van der Waals surface area contributed by atoms with Gasteiger partial charge in [-0.3, -0.25) is 10.1 Å². The number of hydrogen-bond acceptors (Lipinski definition) is 3. The molecule has 0 spiro atoms. The van der Waals surface area contributed by atoms with Crippen molar-refractivity contribution in [3.8, 4) is 0 Å². The van der Waals surface area contributed by atoms with Gasteiger partial charge in [-0.15, -0.1) is 0 Å². The second kappa shape index (κ2) is 4.34. The summed E-state index contributed by atoms with van der Waals surface area (Å²) in [7, 11) is 0. The van der Waals surface area contributed by atoms with E-state index in [1.807, 2.05) is 0 Å². The maximum atomic E-state index is 11.2. The molecule has 0 radical (unpaired) electrons. The van der Waals surface area contributed by atoms with E-state index in [9.17, 15) is 14.7 Å². The Kier molecular flexibility index (Phi) is 2.93. The molecule has 0 aromatic rings. The van der Waals surface area contributed by atoms with Crippen LogP contribution in [0, 0.1) is 17.8 Å². The normalized spacial score (nSPS) is 42.8. The number of aliphatic carboxylic acids is 1. The maximum Gasteiger partial charge on any atom is 0.321 e. The van der Waals surface area contributed by atoms with Crippen molar-refractivity contribution < 1.29 is 14.7 Å². The second-order valence-electron chi connectivity index (χ2n) is 6.64. The van der Waals surface area contributed by atoms with Crippen molar-refractivity contribution in [2.75, 3.05) is 0 Å². The van der Waals surface area contributed by atoms with Crippen LogP contribution in [0.3, 0.4) is 0 Å². The van der Waals surface area contributed by atoms with Crippen LogP contribution in [0.25, 0.3) is 0 Å². The summed E-state index contributed by atoms with van der Waals surface area (Å²) >= 11 is 0. The number of nitrogens with one attached hydrogen (secondary N) is 1. The third-order valence-corrected chi connectivity index (χ3v) is 5.15. The molecule has 1 atom stereocenters. The fourth-order valence-corrected chi connectivity index (χ4v) is 4.97. The van der Waals surface area contributed by atoms with Crippen LogP contribution in [-0.4, -0.2) is 28.9 Å². The van der Waals surface area contributed by atoms with E-state index in [0.29, 0.717) is 6.29 Å². The molecule has 4 fully saturated rings. The van der Waals surface area contributed by atoms with E-state index in [1.54, 1.807) is 0 Å². The monoisotopic (exact) mass is 251 g/mol. The van der Waals surface area contributed by atoms with Crippen LogP contribution in [0.4, 0.5) is 0 Å². The van der Waals surface area contributed by atoms with Gasteiger partial charge in [0.15, 0.2) is 0 Å². The van der Waals surface area contributed by atoms with Crippen molar-refractivity contribution in [1.29, 1.82) is 0 Å². The van der Waals surface area contributed by atoms with Gasteiger partial charge in [0.05, 0.1) is 0 Å². The van der Waals surface area contributed by atoms with Gasteiger partial charge in [-0.2, -0.15) is 0 Å². The lowest BCUT2D eigenvalue weighted by Crippen LogP contribution is -2.62. The average molecular weight is 251 g/mol. The van der Waals surface area contributed by atoms with Crippen molar-refractivity contribution in [2.24, 2.45) is 17.8 Å². The summed E-state index contributed by atoms with van der Waals surface area (Å²) in [5.74, 6) is 1.47. The summed E-state index contributed by atoms with van der Waals surface area (Å²) in [6.45, 7) is 0. The van der Waals surface area contributed by atoms with Gasteiger partial charge in [-0.1, -0.05) is 0 Å². The molecule has 0 aliphatic heterocycles. The quantitative estimate of drug-likeness (QED) is 0.728. The summed E-state index contributed by atoms with van der Waals surface area (Å²) in [4.78, 5) is 21.8. The predicted octanol–water partition coefficient (Wildman–Crippen LogP) is 1.59. The SMILES string of the molecule is O=CCC(NC12CC3CC(CC(C3)C1)C2)C(=O)O. The van der Waals surface area contributed by atoms with Crippen LogP contribution in [0.2, 0.25) is 0 Å². The molecule has 4 aliphatic carbocycles. The molecular formula is C14H21NO3. The third-order valence-electron chi connectivity index (χ3n) is 5.15. The average Bonchev–Trinajstić information content (AvgIpc) is 2.26. The van der Waals surface area contributed by atoms with E-state index < -0.39 is 12.0 Å². The largest absolute Gasteiger partial charge is 0.480 e. The predicted molar refractivity (Wildman–Crippen MR) is 66.1 cm³/mol. The molecule has 0 heterocycles. The fraction of sp³-hybridized carbons (Fsp3) is 0.857. The zero-order valence-corrected chi connectivity index (χ0v) is 10.6. The number of carbonyl (C=O) groups excluding carboxylic acids is 1. The minimum absolute atomic E-state index is 0.0147. The summed E-state index contributed by atoms with van der Waals surface area (Å²) < 4.78 is 0. The molecular weight excluding hydrogens is 230 g/mol. The molecule has 4 rings (SSSR count). The number of hydrogen-bond donors (Lipinski definition) is 2. The van der Waals surface area contributed by atoms with E-state index in [0.717, 1.165) is 37.0 Å². The standard InChI is InChI=1S/C14H21NO3/c16-2-1-12(13(17)18)15-14-6-9-3-10(7-14)5-11(4-9)8-14/h2,9-12,15H,1,3-8H2,(H,17,18). The van der Waals surface area contributed by atoms with Crippen LogP contribution in [-0.2, 0) is 9.59 Å². The van der Waals surface area contributed by atoms with Gasteiger partial charge in [0.25, 0.3) is 0 Å². The Balaban J connectivity index is 1.74. The van der Waals surface area contributed by atoms with E-state index in [-0.39, 0.29) is 12.0 Å². The minimum atomic E-state index is -0.891.